The first kappa shape index (κ1) is 21.8. The van der Waals surface area contributed by atoms with Crippen molar-refractivity contribution in [2.24, 2.45) is 5.92 Å². The largest absolute Gasteiger partial charge is 0.340 e. The van der Waals surface area contributed by atoms with Gasteiger partial charge in [-0.3, -0.25) is 4.79 Å². The van der Waals surface area contributed by atoms with Crippen molar-refractivity contribution < 1.29 is 13.2 Å². The lowest BCUT2D eigenvalue weighted by Crippen LogP contribution is -2.54. The van der Waals surface area contributed by atoms with Crippen LogP contribution in [0.3, 0.4) is 0 Å². The number of fused-ring (bicyclic) bond motifs is 1. The Bertz CT molecular complexity index is 1050. The van der Waals surface area contributed by atoms with Gasteiger partial charge >= 0.3 is 0 Å². The number of piperazine rings is 1. The van der Waals surface area contributed by atoms with Gasteiger partial charge in [-0.25, -0.2) is 8.42 Å². The maximum absolute atomic E-state index is 13.4. The summed E-state index contributed by atoms with van der Waals surface area (Å²) >= 11 is 7.46. The number of carbonyl (C=O) groups is 1. The summed E-state index contributed by atoms with van der Waals surface area (Å²) in [5, 5.41) is 4.02. The molecule has 162 valence electrons. The Morgan fingerprint density at radius 1 is 1.27 bits per heavy atom. The number of piperidine rings is 1. The monoisotopic (exact) mass is 467 g/mol. The highest BCUT2D eigenvalue weighted by molar-refractivity contribution is 7.89. The average Bonchev–Trinajstić information content (AvgIpc) is 3.13. The van der Waals surface area contributed by atoms with Crippen molar-refractivity contribution in [1.82, 2.24) is 14.5 Å². The van der Waals surface area contributed by atoms with Gasteiger partial charge in [-0.2, -0.15) is 4.31 Å². The number of rotatable bonds is 6. The highest BCUT2D eigenvalue weighted by Crippen LogP contribution is 2.37. The van der Waals surface area contributed by atoms with Crippen molar-refractivity contribution in [2.75, 3.05) is 39.3 Å². The molecule has 0 bridgehead atoms. The Hall–Kier alpha value is -1.45. The number of amides is 1. The highest BCUT2D eigenvalue weighted by Gasteiger charge is 2.37. The average molecular weight is 468 g/mol. The molecule has 2 fully saturated rings. The number of benzene rings is 1. The lowest BCUT2D eigenvalue weighted by molar-refractivity contribution is -0.134. The molecule has 1 atom stereocenters. The Morgan fingerprint density at radius 2 is 2.03 bits per heavy atom. The summed E-state index contributed by atoms with van der Waals surface area (Å²) < 4.78 is 29.0. The summed E-state index contributed by atoms with van der Waals surface area (Å²) in [6, 6.07) is 7.38. The Morgan fingerprint density at radius 3 is 2.73 bits per heavy atom. The molecule has 0 aliphatic carbocycles. The number of hydrogen-bond donors (Lipinski definition) is 1. The third-order valence-corrected chi connectivity index (χ3v) is 9.58. The first-order valence-electron chi connectivity index (χ1n) is 10.2. The third-order valence-electron chi connectivity index (χ3n) is 5.90. The maximum Gasteiger partial charge on any atom is 0.237 e. The van der Waals surface area contributed by atoms with Crippen LogP contribution in [0, 0.1) is 5.92 Å². The van der Waals surface area contributed by atoms with E-state index in [1.165, 1.54) is 21.7 Å². The molecule has 1 aromatic carbocycles. The predicted molar refractivity (Wildman–Crippen MR) is 122 cm³/mol. The number of hydrogen-bond acceptors (Lipinski definition) is 5. The lowest BCUT2D eigenvalue weighted by atomic mass is 9.97. The molecule has 1 aromatic heterocycles. The second-order valence-corrected chi connectivity index (χ2v) is 11.5. The van der Waals surface area contributed by atoms with E-state index < -0.39 is 15.3 Å². The fourth-order valence-corrected chi connectivity index (χ4v) is 7.57. The number of thiophene rings is 1. The van der Waals surface area contributed by atoms with Gasteiger partial charge in [0.25, 0.3) is 0 Å². The summed E-state index contributed by atoms with van der Waals surface area (Å²) in [4.78, 5) is 15.2. The smallest absolute Gasteiger partial charge is 0.237 e. The topological polar surface area (TPSA) is 69.7 Å². The quantitative estimate of drug-likeness (QED) is 0.662. The van der Waals surface area contributed by atoms with E-state index in [1.807, 2.05) is 23.1 Å². The summed E-state index contributed by atoms with van der Waals surface area (Å²) in [6.07, 6.45) is 3.56. The molecular weight excluding hydrogens is 442 g/mol. The zero-order valence-corrected chi connectivity index (χ0v) is 19.1. The van der Waals surface area contributed by atoms with E-state index >= 15 is 0 Å². The van der Waals surface area contributed by atoms with Crippen molar-refractivity contribution >= 4 is 49.0 Å². The van der Waals surface area contributed by atoms with Crippen LogP contribution in [0.5, 0.6) is 0 Å². The number of nitrogens with zero attached hydrogens (tertiary/aromatic N) is 2. The molecule has 2 aliphatic heterocycles. The van der Waals surface area contributed by atoms with Crippen LogP contribution in [0.2, 0.25) is 5.02 Å². The summed E-state index contributed by atoms with van der Waals surface area (Å²) in [5.41, 5.74) is 0. The van der Waals surface area contributed by atoms with Crippen molar-refractivity contribution in [3.05, 3.63) is 46.8 Å². The minimum Gasteiger partial charge on any atom is -0.340 e. The van der Waals surface area contributed by atoms with Crippen LogP contribution in [-0.4, -0.2) is 62.8 Å². The molecular formula is C21H26ClN3O3S2. The van der Waals surface area contributed by atoms with Crippen LogP contribution < -0.4 is 5.32 Å². The molecule has 1 unspecified atom stereocenters. The molecule has 0 spiro atoms. The van der Waals surface area contributed by atoms with Crippen molar-refractivity contribution in [3.8, 4) is 0 Å². The number of carbonyl (C=O) groups excluding carboxylic acids is 1. The van der Waals surface area contributed by atoms with Gasteiger partial charge in [0, 0.05) is 34.2 Å². The maximum atomic E-state index is 13.4. The number of halogens is 1. The van der Waals surface area contributed by atoms with E-state index in [2.05, 4.69) is 11.9 Å². The molecule has 2 saturated heterocycles. The van der Waals surface area contributed by atoms with Crippen LogP contribution in [-0.2, 0) is 14.8 Å². The predicted octanol–water partition coefficient (Wildman–Crippen LogP) is 3.26. The van der Waals surface area contributed by atoms with Crippen LogP contribution in [0.1, 0.15) is 23.0 Å². The van der Waals surface area contributed by atoms with Crippen LogP contribution >= 0.6 is 22.9 Å². The van der Waals surface area contributed by atoms with Crippen molar-refractivity contribution in [2.45, 2.75) is 18.1 Å². The minimum atomic E-state index is -3.74. The van der Waals surface area contributed by atoms with E-state index in [0.717, 1.165) is 42.6 Å². The van der Waals surface area contributed by atoms with Gasteiger partial charge < -0.3 is 10.2 Å². The van der Waals surface area contributed by atoms with Crippen LogP contribution in [0.4, 0.5) is 0 Å². The third kappa shape index (κ3) is 4.43. The highest BCUT2D eigenvalue weighted by atomic mass is 35.5. The fourth-order valence-electron chi connectivity index (χ4n) is 4.18. The molecule has 2 aliphatic rings. The summed E-state index contributed by atoms with van der Waals surface area (Å²) in [5.74, 6) is 0.374. The van der Waals surface area contributed by atoms with E-state index in [1.54, 1.807) is 6.07 Å². The van der Waals surface area contributed by atoms with E-state index in [9.17, 15) is 13.2 Å². The number of nitrogens with one attached hydrogen (secondary N) is 1. The second kappa shape index (κ2) is 8.96. The van der Waals surface area contributed by atoms with Gasteiger partial charge in [-0.05, 0) is 55.4 Å². The van der Waals surface area contributed by atoms with Gasteiger partial charge in [0.05, 0.1) is 6.54 Å². The number of sulfonamides is 1. The zero-order chi connectivity index (χ0) is 21.3. The lowest BCUT2D eigenvalue weighted by Gasteiger charge is -2.37. The second-order valence-electron chi connectivity index (χ2n) is 7.90. The van der Waals surface area contributed by atoms with Crippen LogP contribution in [0.25, 0.3) is 10.1 Å². The van der Waals surface area contributed by atoms with Gasteiger partial charge in [-0.15, -0.1) is 17.9 Å². The van der Waals surface area contributed by atoms with E-state index in [-0.39, 0.29) is 12.5 Å². The molecule has 3 heterocycles. The summed E-state index contributed by atoms with van der Waals surface area (Å²) in [7, 11) is -3.74. The minimum absolute atomic E-state index is 0.103. The molecule has 1 amide bonds. The molecule has 2 aromatic rings. The Labute approximate surface area is 186 Å². The normalized spacial score (nSPS) is 20.6. The fraction of sp³-hybridized carbons (Fsp3) is 0.476. The Balaban J connectivity index is 1.49. The Kier molecular flexibility index (Phi) is 6.50. The molecule has 4 rings (SSSR count). The zero-order valence-electron chi connectivity index (χ0n) is 16.7. The molecule has 0 saturated carbocycles. The van der Waals surface area contributed by atoms with Crippen molar-refractivity contribution in [1.29, 1.82) is 0 Å². The first-order chi connectivity index (χ1) is 14.4. The van der Waals surface area contributed by atoms with Gasteiger partial charge in [0.1, 0.15) is 5.25 Å². The molecule has 9 heteroatoms. The molecule has 30 heavy (non-hydrogen) atoms. The van der Waals surface area contributed by atoms with Crippen molar-refractivity contribution in [3.63, 3.8) is 0 Å². The molecule has 0 radical (unpaired) electrons. The SMILES string of the molecule is C=CC(c1cc2ccc(Cl)cc2s1)S(=O)(=O)N1CCN(CC2CCNCC2)C(=O)C1. The van der Waals surface area contributed by atoms with Crippen LogP contribution in [0.15, 0.2) is 36.9 Å². The summed E-state index contributed by atoms with van der Waals surface area (Å²) in [6.45, 7) is 7.11. The van der Waals surface area contributed by atoms with Gasteiger partial charge in [0.2, 0.25) is 15.9 Å². The van der Waals surface area contributed by atoms with Gasteiger partial charge in [-0.1, -0.05) is 23.7 Å². The first-order valence-corrected chi connectivity index (χ1v) is 12.9. The van der Waals surface area contributed by atoms with E-state index in [0.29, 0.717) is 28.9 Å². The van der Waals surface area contributed by atoms with E-state index in [4.69, 9.17) is 11.6 Å². The molecule has 1 N–H and O–H groups in total. The standard InChI is InChI=1S/C21H26ClN3O3S2/c1-2-20(19-11-16-3-4-17(22)12-18(16)29-19)30(27,28)25-10-9-24(21(26)14-25)13-15-5-7-23-8-6-15/h2-4,11-12,15,20,23H,1,5-10,13-14H2. The molecule has 6 nitrogen and oxygen atoms in total. The van der Waals surface area contributed by atoms with Gasteiger partial charge in [0.15, 0.2) is 0 Å².